The molecule has 41 heavy (non-hydrogen) atoms. The fraction of sp³-hybridized carbons (Fsp3) is 0.552. The standard InChI is InChI=1S/C29H42N4O6S2/c1-5-9-17-33(18-10-6-2)41(37,38)22-13-11-21(12-14-22)26(34)30-28-25(27(35)31-29(36)39-8-4)23-15-19-32(16-7-3)20-24(23)40-28/h11-14H,5-10,15-20H2,1-4H3,(H,30,34)(H,31,35,36). The molecule has 2 aromatic rings. The van der Waals surface area contributed by atoms with E-state index in [1.165, 1.54) is 39.9 Å². The van der Waals surface area contributed by atoms with Gasteiger partial charge in [0.2, 0.25) is 10.0 Å². The number of ether oxygens (including phenoxy) is 1. The first kappa shape index (κ1) is 32.7. The van der Waals surface area contributed by atoms with Crippen LogP contribution in [-0.4, -0.2) is 68.3 Å². The minimum absolute atomic E-state index is 0.122. The molecule has 0 atom stereocenters. The van der Waals surface area contributed by atoms with Crippen LogP contribution in [0.15, 0.2) is 29.2 Å². The summed E-state index contributed by atoms with van der Waals surface area (Å²) in [6, 6.07) is 5.86. The van der Waals surface area contributed by atoms with E-state index < -0.39 is 27.9 Å². The molecule has 0 spiro atoms. The normalized spacial score (nSPS) is 13.6. The van der Waals surface area contributed by atoms with E-state index in [0.717, 1.165) is 55.6 Å². The molecule has 1 aliphatic rings. The number of unbranched alkanes of at least 4 members (excludes halogenated alkanes) is 2. The molecule has 0 radical (unpaired) electrons. The van der Waals surface area contributed by atoms with Crippen LogP contribution in [0.1, 0.15) is 91.0 Å². The van der Waals surface area contributed by atoms with Crippen molar-refractivity contribution >= 4 is 44.3 Å². The molecule has 3 amide bonds. The van der Waals surface area contributed by atoms with Crippen molar-refractivity contribution in [2.75, 3.05) is 38.1 Å². The molecule has 0 unspecified atom stereocenters. The summed E-state index contributed by atoms with van der Waals surface area (Å²) in [5.41, 5.74) is 1.35. The van der Waals surface area contributed by atoms with Crippen LogP contribution in [0.2, 0.25) is 0 Å². The molecule has 2 heterocycles. The second kappa shape index (κ2) is 15.4. The molecule has 1 aliphatic heterocycles. The number of nitrogens with zero attached hydrogens (tertiary/aromatic N) is 2. The predicted octanol–water partition coefficient (Wildman–Crippen LogP) is 5.25. The highest BCUT2D eigenvalue weighted by molar-refractivity contribution is 7.89. The number of rotatable bonds is 14. The van der Waals surface area contributed by atoms with E-state index in [4.69, 9.17) is 4.74 Å². The van der Waals surface area contributed by atoms with Crippen LogP contribution in [0, 0.1) is 0 Å². The molecule has 10 nitrogen and oxygen atoms in total. The Bertz CT molecular complexity index is 1300. The van der Waals surface area contributed by atoms with Crippen LogP contribution in [0.3, 0.4) is 0 Å². The first-order valence-electron chi connectivity index (χ1n) is 14.4. The van der Waals surface area contributed by atoms with Gasteiger partial charge in [-0.1, -0.05) is 33.6 Å². The molecule has 226 valence electrons. The van der Waals surface area contributed by atoms with Crippen LogP contribution in [0.4, 0.5) is 9.80 Å². The Hall–Kier alpha value is -2.80. The van der Waals surface area contributed by atoms with Crippen molar-refractivity contribution in [1.29, 1.82) is 0 Å². The average molecular weight is 607 g/mol. The van der Waals surface area contributed by atoms with Crippen LogP contribution in [-0.2, 0) is 27.7 Å². The molecule has 0 aliphatic carbocycles. The minimum atomic E-state index is -3.69. The summed E-state index contributed by atoms with van der Waals surface area (Å²) in [5.74, 6) is -1.10. The first-order valence-corrected chi connectivity index (χ1v) is 16.7. The van der Waals surface area contributed by atoms with Gasteiger partial charge in [0.25, 0.3) is 11.8 Å². The number of carbonyl (C=O) groups is 3. The summed E-state index contributed by atoms with van der Waals surface area (Å²) in [6.07, 6.45) is 4.10. The van der Waals surface area contributed by atoms with Crippen molar-refractivity contribution in [3.05, 3.63) is 45.8 Å². The molecule has 3 rings (SSSR count). The van der Waals surface area contributed by atoms with Gasteiger partial charge in [0.1, 0.15) is 5.00 Å². The lowest BCUT2D eigenvalue weighted by Crippen LogP contribution is -2.34. The second-order valence-corrected chi connectivity index (χ2v) is 13.0. The third-order valence-corrected chi connectivity index (χ3v) is 9.94. The fourth-order valence-electron chi connectivity index (χ4n) is 4.74. The van der Waals surface area contributed by atoms with E-state index in [1.807, 2.05) is 13.8 Å². The van der Waals surface area contributed by atoms with Crippen molar-refractivity contribution in [2.24, 2.45) is 0 Å². The highest BCUT2D eigenvalue weighted by Gasteiger charge is 2.30. The molecule has 1 aromatic carbocycles. The van der Waals surface area contributed by atoms with E-state index >= 15 is 0 Å². The third kappa shape index (κ3) is 8.37. The van der Waals surface area contributed by atoms with E-state index in [9.17, 15) is 22.8 Å². The number of nitrogens with one attached hydrogen (secondary N) is 2. The number of imide groups is 1. The Morgan fingerprint density at radius 1 is 0.976 bits per heavy atom. The Morgan fingerprint density at radius 2 is 1.63 bits per heavy atom. The molecule has 2 N–H and O–H groups in total. The maximum absolute atomic E-state index is 13.3. The maximum Gasteiger partial charge on any atom is 0.414 e. The number of hydrogen-bond donors (Lipinski definition) is 2. The molecule has 0 fully saturated rings. The van der Waals surface area contributed by atoms with E-state index in [0.29, 0.717) is 31.1 Å². The molecule has 0 bridgehead atoms. The summed E-state index contributed by atoms with van der Waals surface area (Å²) in [4.78, 5) is 41.8. The van der Waals surface area contributed by atoms with Crippen molar-refractivity contribution in [2.45, 2.75) is 77.7 Å². The van der Waals surface area contributed by atoms with Crippen LogP contribution >= 0.6 is 11.3 Å². The van der Waals surface area contributed by atoms with Crippen LogP contribution < -0.4 is 10.6 Å². The van der Waals surface area contributed by atoms with Crippen LogP contribution in [0.25, 0.3) is 0 Å². The van der Waals surface area contributed by atoms with E-state index in [2.05, 4.69) is 22.5 Å². The zero-order valence-corrected chi connectivity index (χ0v) is 26.1. The Kier molecular flexibility index (Phi) is 12.3. The number of fused-ring (bicyclic) bond motifs is 1. The van der Waals surface area contributed by atoms with Gasteiger partial charge in [-0.3, -0.25) is 19.8 Å². The van der Waals surface area contributed by atoms with Crippen molar-refractivity contribution < 1.29 is 27.5 Å². The van der Waals surface area contributed by atoms with Gasteiger partial charge in [0.05, 0.1) is 17.1 Å². The zero-order valence-electron chi connectivity index (χ0n) is 24.5. The van der Waals surface area contributed by atoms with Crippen molar-refractivity contribution in [3.8, 4) is 0 Å². The summed E-state index contributed by atoms with van der Waals surface area (Å²) in [5, 5.41) is 5.45. The molecule has 1 aromatic heterocycles. The Morgan fingerprint density at radius 3 is 2.22 bits per heavy atom. The highest BCUT2D eigenvalue weighted by Crippen LogP contribution is 2.37. The number of anilines is 1. The minimum Gasteiger partial charge on any atom is -0.450 e. The van der Waals surface area contributed by atoms with Gasteiger partial charge in [-0.05, 0) is 69.0 Å². The maximum atomic E-state index is 13.3. The monoisotopic (exact) mass is 606 g/mol. The summed E-state index contributed by atoms with van der Waals surface area (Å²) >= 11 is 1.32. The number of hydrogen-bond acceptors (Lipinski definition) is 8. The average Bonchev–Trinajstić information content (AvgIpc) is 3.30. The smallest absolute Gasteiger partial charge is 0.414 e. The first-order chi connectivity index (χ1) is 19.7. The van der Waals surface area contributed by atoms with Gasteiger partial charge in [-0.25, -0.2) is 13.2 Å². The molecular weight excluding hydrogens is 564 g/mol. The van der Waals surface area contributed by atoms with E-state index in [-0.39, 0.29) is 22.6 Å². The van der Waals surface area contributed by atoms with Gasteiger partial charge in [-0.2, -0.15) is 4.31 Å². The number of alkyl carbamates (subject to hydrolysis) is 1. The largest absolute Gasteiger partial charge is 0.450 e. The Balaban J connectivity index is 1.85. The zero-order chi connectivity index (χ0) is 30.0. The topological polar surface area (TPSA) is 125 Å². The second-order valence-electron chi connectivity index (χ2n) is 10.00. The molecule has 0 saturated heterocycles. The van der Waals surface area contributed by atoms with Gasteiger partial charge in [-0.15, -0.1) is 11.3 Å². The van der Waals surface area contributed by atoms with Crippen LogP contribution in [0.5, 0.6) is 0 Å². The lowest BCUT2D eigenvalue weighted by atomic mass is 10.0. The van der Waals surface area contributed by atoms with Gasteiger partial charge >= 0.3 is 6.09 Å². The SMILES string of the molecule is CCCCN(CCCC)S(=O)(=O)c1ccc(C(=O)Nc2sc3c(c2C(=O)NC(=O)OCC)CCN(CCC)C3)cc1. The van der Waals surface area contributed by atoms with Crippen molar-refractivity contribution in [3.63, 3.8) is 0 Å². The van der Waals surface area contributed by atoms with Gasteiger partial charge in [0.15, 0.2) is 0 Å². The number of thiophene rings is 1. The van der Waals surface area contributed by atoms with Gasteiger partial charge < -0.3 is 10.1 Å². The highest BCUT2D eigenvalue weighted by atomic mass is 32.2. The molecule has 0 saturated carbocycles. The summed E-state index contributed by atoms with van der Waals surface area (Å²) in [6.45, 7) is 11.2. The molecule has 12 heteroatoms. The number of benzene rings is 1. The summed E-state index contributed by atoms with van der Waals surface area (Å²) < 4.78 is 33.0. The number of carbonyl (C=O) groups excluding carboxylic acids is 3. The third-order valence-electron chi connectivity index (χ3n) is 6.90. The van der Waals surface area contributed by atoms with E-state index in [1.54, 1.807) is 6.92 Å². The summed E-state index contributed by atoms with van der Waals surface area (Å²) in [7, 11) is -3.69. The quantitative estimate of drug-likeness (QED) is 0.301. The Labute approximate surface area is 247 Å². The van der Waals surface area contributed by atoms with Crippen molar-refractivity contribution in [1.82, 2.24) is 14.5 Å². The number of amides is 3. The lowest BCUT2D eigenvalue weighted by Gasteiger charge is -2.26. The molecular formula is C29H42N4O6S2. The predicted molar refractivity (Wildman–Crippen MR) is 161 cm³/mol. The number of sulfonamides is 1. The van der Waals surface area contributed by atoms with Gasteiger partial charge in [0, 0.05) is 36.6 Å². The fourth-order valence-corrected chi connectivity index (χ4v) is 7.54. The lowest BCUT2D eigenvalue weighted by molar-refractivity contribution is 0.0924.